The lowest BCUT2D eigenvalue weighted by Gasteiger charge is -2.11. The van der Waals surface area contributed by atoms with Crippen LogP contribution in [-0.2, 0) is 0 Å². The molecule has 1 amide bonds. The standard InChI is InChI=1S/C20H12F3N5O2.C14H9F3N4O/c21-20(22,23)30-13-5-3-4-12(10-13)14-7-8-15-17(27-14)18(26-11-25-15)28-19(29)16-6-1-2-9-24-16;15-14(16,17)22-9-3-1-2-8(6-9)10-4-5-11-12(21-10)13(18)20-7-19-11/h1-11H,(H,25,26,28,29);1-7H,(H2,18,19,20). The number of amides is 1. The van der Waals surface area contributed by atoms with Crippen LogP contribution in [-0.4, -0.2) is 53.5 Å². The normalized spacial score (nSPS) is 11.4. The molecule has 5 aromatic heterocycles. The summed E-state index contributed by atoms with van der Waals surface area (Å²) in [5, 5.41) is 2.63. The molecule has 0 spiro atoms. The maximum absolute atomic E-state index is 12.5. The van der Waals surface area contributed by atoms with Crippen molar-refractivity contribution in [3.8, 4) is 34.0 Å². The summed E-state index contributed by atoms with van der Waals surface area (Å²) in [6.07, 6.45) is -5.47. The highest BCUT2D eigenvalue weighted by Gasteiger charge is 2.32. The van der Waals surface area contributed by atoms with Crippen molar-refractivity contribution in [1.29, 1.82) is 0 Å². The van der Waals surface area contributed by atoms with E-state index in [1.54, 1.807) is 54.6 Å². The minimum atomic E-state index is -4.80. The van der Waals surface area contributed by atoms with E-state index < -0.39 is 18.6 Å². The summed E-state index contributed by atoms with van der Waals surface area (Å²) >= 11 is 0. The van der Waals surface area contributed by atoms with Crippen molar-refractivity contribution in [1.82, 2.24) is 34.9 Å². The van der Waals surface area contributed by atoms with Gasteiger partial charge < -0.3 is 20.5 Å². The lowest BCUT2D eigenvalue weighted by atomic mass is 10.1. The number of carbonyl (C=O) groups is 1. The lowest BCUT2D eigenvalue weighted by molar-refractivity contribution is -0.275. The van der Waals surface area contributed by atoms with Crippen LogP contribution in [0.25, 0.3) is 44.6 Å². The first-order chi connectivity index (χ1) is 24.8. The van der Waals surface area contributed by atoms with Crippen LogP contribution in [0.4, 0.5) is 38.0 Å². The fourth-order valence-electron chi connectivity index (χ4n) is 4.69. The molecule has 0 radical (unpaired) electrons. The maximum atomic E-state index is 12.5. The quantitative estimate of drug-likeness (QED) is 0.165. The van der Waals surface area contributed by atoms with Gasteiger partial charge in [0.05, 0.1) is 22.4 Å². The molecule has 0 aliphatic heterocycles. The summed E-state index contributed by atoms with van der Waals surface area (Å²) in [5.41, 5.74) is 9.26. The van der Waals surface area contributed by atoms with Gasteiger partial charge in [-0.1, -0.05) is 30.3 Å². The van der Waals surface area contributed by atoms with Crippen LogP contribution in [0.15, 0.2) is 110 Å². The average molecular weight is 718 g/mol. The third kappa shape index (κ3) is 8.78. The van der Waals surface area contributed by atoms with Crippen molar-refractivity contribution in [3.05, 3.63) is 116 Å². The summed E-state index contributed by atoms with van der Waals surface area (Å²) < 4.78 is 82.2. The fraction of sp³-hybridized carbons (Fsp3) is 0.0588. The third-order valence-corrected chi connectivity index (χ3v) is 6.85. The van der Waals surface area contributed by atoms with E-state index in [4.69, 9.17) is 5.73 Å². The van der Waals surface area contributed by atoms with Crippen LogP contribution in [0.3, 0.4) is 0 Å². The molecule has 7 rings (SSSR count). The van der Waals surface area contributed by atoms with E-state index >= 15 is 0 Å². The Morgan fingerprint density at radius 3 is 1.73 bits per heavy atom. The number of benzene rings is 2. The SMILES string of the molecule is Nc1ncnc2ccc(-c3cccc(OC(F)(F)F)c3)nc12.O=C(Nc1ncnc2ccc(-c3cccc(OC(F)(F)F)c3)nc12)c1ccccn1. The number of hydrogen-bond acceptors (Lipinski definition) is 11. The van der Waals surface area contributed by atoms with Gasteiger partial charge in [0, 0.05) is 17.3 Å². The van der Waals surface area contributed by atoms with E-state index in [2.05, 4.69) is 49.7 Å². The van der Waals surface area contributed by atoms with E-state index in [0.29, 0.717) is 39.1 Å². The van der Waals surface area contributed by atoms with Crippen molar-refractivity contribution in [2.75, 3.05) is 11.1 Å². The van der Waals surface area contributed by atoms with Crippen LogP contribution in [0.1, 0.15) is 10.5 Å². The van der Waals surface area contributed by atoms with Crippen LogP contribution in [0, 0.1) is 0 Å². The van der Waals surface area contributed by atoms with Gasteiger partial charge in [-0.3, -0.25) is 9.78 Å². The minimum Gasteiger partial charge on any atom is -0.406 e. The number of nitrogens with zero attached hydrogens (tertiary/aromatic N) is 7. The number of nitrogen functional groups attached to an aromatic ring is 1. The molecule has 0 fully saturated rings. The van der Waals surface area contributed by atoms with Gasteiger partial charge in [-0.05, 0) is 60.7 Å². The predicted molar refractivity (Wildman–Crippen MR) is 176 cm³/mol. The molecule has 18 heteroatoms. The molecule has 52 heavy (non-hydrogen) atoms. The molecule has 0 bridgehead atoms. The molecule has 0 atom stereocenters. The summed E-state index contributed by atoms with van der Waals surface area (Å²) in [6, 6.07) is 22.4. The Bertz CT molecular complexity index is 2380. The monoisotopic (exact) mass is 717 g/mol. The molecule has 0 unspecified atom stereocenters. The smallest absolute Gasteiger partial charge is 0.406 e. The Labute approximate surface area is 288 Å². The lowest BCUT2D eigenvalue weighted by Crippen LogP contribution is -2.17. The highest BCUT2D eigenvalue weighted by Crippen LogP contribution is 2.30. The van der Waals surface area contributed by atoms with Crippen LogP contribution in [0.2, 0.25) is 0 Å². The summed E-state index contributed by atoms with van der Waals surface area (Å²) in [6.45, 7) is 0. The van der Waals surface area contributed by atoms with Crippen molar-refractivity contribution in [2.24, 2.45) is 0 Å². The molecule has 3 N–H and O–H groups in total. The topological polar surface area (TPSA) is 164 Å². The molecule has 5 heterocycles. The number of hydrogen-bond donors (Lipinski definition) is 2. The van der Waals surface area contributed by atoms with E-state index in [-0.39, 0.29) is 34.3 Å². The molecule has 0 saturated carbocycles. The zero-order valence-electron chi connectivity index (χ0n) is 26.1. The number of carbonyl (C=O) groups excluding carboxylic acids is 1. The molecule has 262 valence electrons. The van der Waals surface area contributed by atoms with Gasteiger partial charge in [0.1, 0.15) is 40.9 Å². The minimum absolute atomic E-state index is 0.153. The van der Waals surface area contributed by atoms with Crippen molar-refractivity contribution in [2.45, 2.75) is 12.7 Å². The average Bonchev–Trinajstić information content (AvgIpc) is 3.11. The first-order valence-electron chi connectivity index (χ1n) is 14.7. The van der Waals surface area contributed by atoms with Crippen molar-refractivity contribution in [3.63, 3.8) is 0 Å². The van der Waals surface area contributed by atoms with Gasteiger partial charge in [0.2, 0.25) is 0 Å². The van der Waals surface area contributed by atoms with Crippen molar-refractivity contribution >= 4 is 39.6 Å². The molecule has 0 aliphatic carbocycles. The number of nitrogens with one attached hydrogen (secondary N) is 1. The predicted octanol–water partition coefficient (Wildman–Crippen LogP) is 7.41. The summed E-state index contributed by atoms with van der Waals surface area (Å²) in [7, 11) is 0. The van der Waals surface area contributed by atoms with Crippen LogP contribution < -0.4 is 20.5 Å². The second-order valence-electron chi connectivity index (χ2n) is 10.4. The molecular weight excluding hydrogens is 696 g/mol. The number of pyridine rings is 3. The maximum Gasteiger partial charge on any atom is 0.573 e. The zero-order chi connectivity index (χ0) is 36.9. The zero-order valence-corrected chi connectivity index (χ0v) is 26.1. The highest BCUT2D eigenvalue weighted by atomic mass is 19.4. The number of anilines is 2. The Morgan fingerprint density at radius 1 is 0.615 bits per heavy atom. The first-order valence-corrected chi connectivity index (χ1v) is 14.7. The largest absolute Gasteiger partial charge is 0.573 e. The fourth-order valence-corrected chi connectivity index (χ4v) is 4.69. The van der Waals surface area contributed by atoms with Gasteiger partial charge in [-0.25, -0.2) is 29.9 Å². The molecule has 12 nitrogen and oxygen atoms in total. The van der Waals surface area contributed by atoms with Gasteiger partial charge in [-0.15, -0.1) is 26.3 Å². The Morgan fingerprint density at radius 2 is 1.17 bits per heavy atom. The van der Waals surface area contributed by atoms with Gasteiger partial charge in [0.25, 0.3) is 5.91 Å². The number of aromatic nitrogens is 7. The molecular formula is C34H21F6N9O3. The van der Waals surface area contributed by atoms with Gasteiger partial charge in [-0.2, -0.15) is 0 Å². The number of nitrogens with two attached hydrogens (primary N) is 1. The summed E-state index contributed by atoms with van der Waals surface area (Å²) in [4.78, 5) is 41.1. The number of ether oxygens (including phenoxy) is 2. The van der Waals surface area contributed by atoms with E-state index in [0.717, 1.165) is 0 Å². The first kappa shape index (κ1) is 34.9. The number of fused-ring (bicyclic) bond motifs is 2. The Hall–Kier alpha value is -6.98. The van der Waals surface area contributed by atoms with E-state index in [9.17, 15) is 31.1 Å². The summed E-state index contributed by atoms with van der Waals surface area (Å²) in [5.74, 6) is -0.808. The second kappa shape index (κ2) is 14.5. The second-order valence-corrected chi connectivity index (χ2v) is 10.4. The third-order valence-electron chi connectivity index (χ3n) is 6.85. The molecule has 0 aliphatic rings. The van der Waals surface area contributed by atoms with Gasteiger partial charge >= 0.3 is 12.7 Å². The van der Waals surface area contributed by atoms with Gasteiger partial charge in [0.15, 0.2) is 11.6 Å². The number of alkyl halides is 6. The molecule has 7 aromatic rings. The number of halogens is 6. The Kier molecular flexibility index (Phi) is 9.71. The Balaban J connectivity index is 0.000000187. The van der Waals surface area contributed by atoms with E-state index in [1.807, 2.05) is 0 Å². The highest BCUT2D eigenvalue weighted by molar-refractivity contribution is 6.05. The molecule has 0 saturated heterocycles. The van der Waals surface area contributed by atoms with E-state index in [1.165, 1.54) is 55.2 Å². The van der Waals surface area contributed by atoms with Crippen LogP contribution >= 0.6 is 0 Å². The van der Waals surface area contributed by atoms with Crippen LogP contribution in [0.5, 0.6) is 11.5 Å². The molecule has 2 aromatic carbocycles. The number of rotatable bonds is 6. The van der Waals surface area contributed by atoms with Crippen molar-refractivity contribution < 1.29 is 40.6 Å².